The first kappa shape index (κ1) is 12.4. The van der Waals surface area contributed by atoms with Gasteiger partial charge in [0, 0.05) is 25.6 Å². The van der Waals surface area contributed by atoms with E-state index in [2.05, 4.69) is 0 Å². The van der Waals surface area contributed by atoms with Gasteiger partial charge in [0.2, 0.25) is 5.91 Å². The molecule has 2 fully saturated rings. The molecule has 0 aromatic rings. The van der Waals surface area contributed by atoms with E-state index in [0.29, 0.717) is 12.5 Å². The van der Waals surface area contributed by atoms with Crippen LogP contribution in [0.15, 0.2) is 0 Å². The van der Waals surface area contributed by atoms with Crippen LogP contribution in [-0.2, 0) is 9.59 Å². The van der Waals surface area contributed by atoms with E-state index in [1.807, 2.05) is 0 Å². The van der Waals surface area contributed by atoms with Gasteiger partial charge in [-0.1, -0.05) is 0 Å². The molecule has 0 aromatic carbocycles. The number of aliphatic hydroxyl groups excluding tert-OH is 1. The highest BCUT2D eigenvalue weighted by Crippen LogP contribution is 2.31. The van der Waals surface area contributed by atoms with Crippen LogP contribution in [0.5, 0.6) is 0 Å². The van der Waals surface area contributed by atoms with Crippen LogP contribution in [0.2, 0.25) is 0 Å². The van der Waals surface area contributed by atoms with Crippen molar-refractivity contribution in [3.8, 4) is 0 Å². The second-order valence-electron chi connectivity index (χ2n) is 5.14. The largest absolute Gasteiger partial charge is 0.481 e. The molecule has 96 valence electrons. The summed E-state index contributed by atoms with van der Waals surface area (Å²) in [7, 11) is 0. The summed E-state index contributed by atoms with van der Waals surface area (Å²) >= 11 is 0. The topological polar surface area (TPSA) is 77.8 Å². The molecule has 2 aliphatic rings. The van der Waals surface area contributed by atoms with Crippen LogP contribution in [0.25, 0.3) is 0 Å². The van der Waals surface area contributed by atoms with Crippen molar-refractivity contribution >= 4 is 11.9 Å². The number of carbonyl (C=O) groups excluding carboxylic acids is 1. The minimum atomic E-state index is -0.870. The summed E-state index contributed by atoms with van der Waals surface area (Å²) in [6.07, 6.45) is 3.80. The zero-order chi connectivity index (χ0) is 12.4. The number of carboxylic acids is 1. The summed E-state index contributed by atoms with van der Waals surface area (Å²) in [4.78, 5) is 24.4. The number of aliphatic hydroxyl groups is 1. The van der Waals surface area contributed by atoms with Crippen LogP contribution in [0.1, 0.15) is 32.1 Å². The first-order chi connectivity index (χ1) is 8.11. The van der Waals surface area contributed by atoms with Crippen molar-refractivity contribution in [1.82, 2.24) is 4.90 Å². The molecule has 0 bridgehead atoms. The Kier molecular flexibility index (Phi) is 3.66. The van der Waals surface area contributed by atoms with E-state index in [4.69, 9.17) is 10.2 Å². The first-order valence-corrected chi connectivity index (χ1v) is 6.25. The van der Waals surface area contributed by atoms with Gasteiger partial charge >= 0.3 is 5.97 Å². The van der Waals surface area contributed by atoms with E-state index in [1.165, 1.54) is 0 Å². The van der Waals surface area contributed by atoms with E-state index in [9.17, 15) is 9.59 Å². The highest BCUT2D eigenvalue weighted by atomic mass is 16.4. The van der Waals surface area contributed by atoms with Crippen molar-refractivity contribution in [3.05, 3.63) is 0 Å². The van der Waals surface area contributed by atoms with Crippen molar-refractivity contribution in [2.24, 2.45) is 11.8 Å². The fourth-order valence-electron chi connectivity index (χ4n) is 2.89. The van der Waals surface area contributed by atoms with Gasteiger partial charge in [-0.2, -0.15) is 0 Å². The van der Waals surface area contributed by atoms with E-state index in [-0.39, 0.29) is 25.0 Å². The van der Waals surface area contributed by atoms with Crippen molar-refractivity contribution < 1.29 is 19.8 Å². The standard InChI is InChI=1S/C12H19NO4/c14-7-8-1-3-10(4-2-8)13-6-9(12(16)17)5-11(13)15/h8-10,14H,1-7H2,(H,16,17). The Bertz CT molecular complexity index is 310. The molecule has 2 rings (SSSR count). The third-order valence-corrected chi connectivity index (χ3v) is 4.02. The van der Waals surface area contributed by atoms with Crippen LogP contribution in [0.3, 0.4) is 0 Å². The summed E-state index contributed by atoms with van der Waals surface area (Å²) < 4.78 is 0. The van der Waals surface area contributed by atoms with Crippen molar-refractivity contribution in [3.63, 3.8) is 0 Å². The Morgan fingerprint density at radius 1 is 1.29 bits per heavy atom. The Morgan fingerprint density at radius 3 is 2.41 bits per heavy atom. The van der Waals surface area contributed by atoms with Crippen molar-refractivity contribution in [2.45, 2.75) is 38.1 Å². The van der Waals surface area contributed by atoms with Gasteiger partial charge in [-0.25, -0.2) is 0 Å². The third kappa shape index (κ3) is 2.60. The molecule has 2 N–H and O–H groups in total. The molecule has 0 spiro atoms. The monoisotopic (exact) mass is 241 g/mol. The fraction of sp³-hybridized carbons (Fsp3) is 0.833. The molecular formula is C12H19NO4. The molecule has 1 saturated heterocycles. The van der Waals surface area contributed by atoms with Gasteiger partial charge in [0.15, 0.2) is 0 Å². The number of rotatable bonds is 3. The molecule has 1 atom stereocenters. The quantitative estimate of drug-likeness (QED) is 0.753. The lowest BCUT2D eigenvalue weighted by molar-refractivity contribution is -0.141. The number of hydrogen-bond acceptors (Lipinski definition) is 3. The van der Waals surface area contributed by atoms with E-state index in [0.717, 1.165) is 25.7 Å². The summed E-state index contributed by atoms with van der Waals surface area (Å²) in [5, 5.41) is 18.0. The maximum Gasteiger partial charge on any atom is 0.308 e. The molecule has 1 aliphatic carbocycles. The molecule has 1 saturated carbocycles. The molecule has 0 aromatic heterocycles. The summed E-state index contributed by atoms with van der Waals surface area (Å²) in [5.74, 6) is -1.06. The zero-order valence-electron chi connectivity index (χ0n) is 9.84. The van der Waals surface area contributed by atoms with Gasteiger partial charge < -0.3 is 15.1 Å². The minimum Gasteiger partial charge on any atom is -0.481 e. The minimum absolute atomic E-state index is 0.0233. The molecule has 0 radical (unpaired) electrons. The van der Waals surface area contributed by atoms with Crippen LogP contribution >= 0.6 is 0 Å². The Hall–Kier alpha value is -1.10. The lowest BCUT2D eigenvalue weighted by atomic mass is 9.86. The average molecular weight is 241 g/mol. The van der Waals surface area contributed by atoms with Crippen LogP contribution in [0.4, 0.5) is 0 Å². The highest BCUT2D eigenvalue weighted by molar-refractivity contribution is 5.86. The number of aliphatic carboxylic acids is 1. The number of hydrogen-bond donors (Lipinski definition) is 2. The summed E-state index contributed by atoms with van der Waals surface area (Å²) in [6, 6.07) is 0.189. The van der Waals surface area contributed by atoms with E-state index in [1.54, 1.807) is 4.90 Å². The fourth-order valence-corrected chi connectivity index (χ4v) is 2.89. The molecule has 1 aliphatic heterocycles. The highest BCUT2D eigenvalue weighted by Gasteiger charge is 2.38. The number of carbonyl (C=O) groups is 2. The van der Waals surface area contributed by atoms with Gasteiger partial charge in [-0.05, 0) is 31.6 Å². The predicted molar refractivity (Wildman–Crippen MR) is 60.3 cm³/mol. The Labute approximate surface area is 100 Å². The smallest absolute Gasteiger partial charge is 0.308 e. The lowest BCUT2D eigenvalue weighted by Gasteiger charge is -2.34. The second kappa shape index (κ2) is 5.04. The van der Waals surface area contributed by atoms with Gasteiger partial charge in [0.1, 0.15) is 0 Å². The SMILES string of the molecule is O=C(O)C1CC(=O)N(C2CCC(CO)CC2)C1. The average Bonchev–Trinajstić information content (AvgIpc) is 2.72. The van der Waals surface area contributed by atoms with Crippen molar-refractivity contribution in [1.29, 1.82) is 0 Å². The zero-order valence-corrected chi connectivity index (χ0v) is 9.84. The van der Waals surface area contributed by atoms with Crippen LogP contribution < -0.4 is 0 Å². The first-order valence-electron chi connectivity index (χ1n) is 6.25. The number of carboxylic acid groups (broad SMARTS) is 1. The van der Waals surface area contributed by atoms with Gasteiger partial charge in [-0.3, -0.25) is 9.59 Å². The molecular weight excluding hydrogens is 222 g/mol. The van der Waals surface area contributed by atoms with E-state index < -0.39 is 11.9 Å². The Balaban J connectivity index is 1.91. The summed E-state index contributed by atoms with van der Waals surface area (Å²) in [6.45, 7) is 0.584. The lowest BCUT2D eigenvalue weighted by Crippen LogP contribution is -2.39. The van der Waals surface area contributed by atoms with Crippen LogP contribution in [0, 0.1) is 11.8 Å². The predicted octanol–water partition coefficient (Wildman–Crippen LogP) is 0.471. The van der Waals surface area contributed by atoms with Crippen LogP contribution in [-0.4, -0.2) is 46.2 Å². The molecule has 5 nitrogen and oxygen atoms in total. The third-order valence-electron chi connectivity index (χ3n) is 4.02. The Morgan fingerprint density at radius 2 is 1.94 bits per heavy atom. The van der Waals surface area contributed by atoms with Gasteiger partial charge in [0.25, 0.3) is 0 Å². The summed E-state index contributed by atoms with van der Waals surface area (Å²) in [5.41, 5.74) is 0. The second-order valence-corrected chi connectivity index (χ2v) is 5.14. The van der Waals surface area contributed by atoms with E-state index >= 15 is 0 Å². The van der Waals surface area contributed by atoms with Gasteiger partial charge in [0.05, 0.1) is 5.92 Å². The van der Waals surface area contributed by atoms with Gasteiger partial charge in [-0.15, -0.1) is 0 Å². The number of amides is 1. The molecule has 1 heterocycles. The number of nitrogens with zero attached hydrogens (tertiary/aromatic N) is 1. The molecule has 1 amide bonds. The normalized spacial score (nSPS) is 34.1. The molecule has 1 unspecified atom stereocenters. The van der Waals surface area contributed by atoms with Crippen molar-refractivity contribution in [2.75, 3.05) is 13.2 Å². The maximum atomic E-state index is 11.8. The maximum absolute atomic E-state index is 11.8. The number of likely N-dealkylation sites (tertiary alicyclic amines) is 1. The molecule has 5 heteroatoms. The molecule has 17 heavy (non-hydrogen) atoms.